The van der Waals surface area contributed by atoms with Gasteiger partial charge < -0.3 is 4.90 Å². The highest BCUT2D eigenvalue weighted by Gasteiger charge is 2.44. The summed E-state index contributed by atoms with van der Waals surface area (Å²) in [6, 6.07) is 3.12. The quantitative estimate of drug-likeness (QED) is 0.792. The molecule has 1 amide bonds. The van der Waals surface area contributed by atoms with E-state index in [9.17, 15) is 26.4 Å². The highest BCUT2D eigenvalue weighted by atomic mass is 32.2. The third kappa shape index (κ3) is 3.82. The molecule has 0 aliphatic carbocycles. The Bertz CT molecular complexity index is 730. The van der Waals surface area contributed by atoms with Crippen molar-refractivity contribution in [1.29, 1.82) is 0 Å². The lowest BCUT2D eigenvalue weighted by Crippen LogP contribution is -2.47. The molecule has 0 saturated carbocycles. The molecule has 1 fully saturated rings. The number of hydrogen-bond donors (Lipinski definition) is 0. The van der Waals surface area contributed by atoms with Crippen LogP contribution in [0.15, 0.2) is 29.2 Å². The van der Waals surface area contributed by atoms with E-state index in [1.807, 2.05) is 0 Å². The number of carbonyl (C=O) groups is 1. The van der Waals surface area contributed by atoms with Crippen molar-refractivity contribution in [2.75, 3.05) is 19.6 Å². The molecule has 1 aliphatic rings. The summed E-state index contributed by atoms with van der Waals surface area (Å²) in [4.78, 5) is 13.3. The van der Waals surface area contributed by atoms with Crippen molar-refractivity contribution in [3.63, 3.8) is 0 Å². The van der Waals surface area contributed by atoms with Gasteiger partial charge in [0.05, 0.1) is 10.5 Å². The average Bonchev–Trinajstić information content (AvgIpc) is 3.05. The molecule has 0 aromatic heterocycles. The minimum Gasteiger partial charge on any atom is -0.342 e. The second-order valence-electron chi connectivity index (χ2n) is 5.78. The fraction of sp³-hybridized carbons (Fsp3) is 0.562. The standard InChI is InChI=1S/C16H21F3N2O3S/c1-3-20(4-2)15(22)13-9-7-11-21(13)25(23,24)14-10-6-5-8-12(14)16(17,18)19/h5-6,8,10,13H,3-4,7,9,11H2,1-2H3. The Morgan fingerprint density at radius 2 is 1.84 bits per heavy atom. The number of halogens is 3. The molecule has 1 heterocycles. The first-order chi connectivity index (χ1) is 11.6. The lowest BCUT2D eigenvalue weighted by atomic mass is 10.2. The normalized spacial score (nSPS) is 19.2. The van der Waals surface area contributed by atoms with Crippen LogP contribution in [0.2, 0.25) is 0 Å². The van der Waals surface area contributed by atoms with E-state index in [-0.39, 0.29) is 12.5 Å². The van der Waals surface area contributed by atoms with E-state index in [2.05, 4.69) is 0 Å². The van der Waals surface area contributed by atoms with Crippen LogP contribution >= 0.6 is 0 Å². The SMILES string of the molecule is CCN(CC)C(=O)C1CCCN1S(=O)(=O)c1ccccc1C(F)(F)F. The lowest BCUT2D eigenvalue weighted by Gasteiger charge is -2.29. The average molecular weight is 378 g/mol. The summed E-state index contributed by atoms with van der Waals surface area (Å²) in [5, 5.41) is 0. The van der Waals surface area contributed by atoms with Gasteiger partial charge in [-0.25, -0.2) is 8.42 Å². The number of likely N-dealkylation sites (N-methyl/N-ethyl adjacent to an activating group) is 1. The minimum atomic E-state index is -4.79. The number of alkyl halides is 3. The van der Waals surface area contributed by atoms with Crippen molar-refractivity contribution in [1.82, 2.24) is 9.21 Å². The fourth-order valence-electron chi connectivity index (χ4n) is 3.07. The Kier molecular flexibility index (Phi) is 5.78. The van der Waals surface area contributed by atoms with Crippen LogP contribution in [-0.4, -0.2) is 49.2 Å². The molecular weight excluding hydrogens is 357 g/mol. The van der Waals surface area contributed by atoms with Crippen LogP contribution in [0.25, 0.3) is 0 Å². The Morgan fingerprint density at radius 1 is 1.24 bits per heavy atom. The van der Waals surface area contributed by atoms with Crippen LogP contribution in [0.3, 0.4) is 0 Å². The van der Waals surface area contributed by atoms with Gasteiger partial charge in [-0.3, -0.25) is 4.79 Å². The van der Waals surface area contributed by atoms with Crippen molar-refractivity contribution in [2.45, 2.75) is 43.8 Å². The third-order valence-corrected chi connectivity index (χ3v) is 6.31. The number of hydrogen-bond acceptors (Lipinski definition) is 3. The van der Waals surface area contributed by atoms with E-state index < -0.39 is 32.7 Å². The second-order valence-corrected chi connectivity index (χ2v) is 7.64. The lowest BCUT2D eigenvalue weighted by molar-refractivity contribution is -0.139. The van der Waals surface area contributed by atoms with Gasteiger partial charge in [-0.15, -0.1) is 0 Å². The van der Waals surface area contributed by atoms with Crippen molar-refractivity contribution < 1.29 is 26.4 Å². The first kappa shape index (κ1) is 19.7. The van der Waals surface area contributed by atoms with Gasteiger partial charge in [0.25, 0.3) is 0 Å². The second kappa shape index (κ2) is 7.33. The first-order valence-corrected chi connectivity index (χ1v) is 9.55. The minimum absolute atomic E-state index is 0.0339. The molecule has 0 radical (unpaired) electrons. The largest absolute Gasteiger partial charge is 0.417 e. The zero-order valence-electron chi connectivity index (χ0n) is 14.1. The van der Waals surface area contributed by atoms with Crippen LogP contribution < -0.4 is 0 Å². The molecular formula is C16H21F3N2O3S. The molecule has 1 aromatic rings. The van der Waals surface area contributed by atoms with Gasteiger partial charge in [0.15, 0.2) is 0 Å². The Hall–Kier alpha value is -1.61. The molecule has 2 rings (SSSR count). The molecule has 1 aliphatic heterocycles. The Balaban J connectivity index is 2.45. The zero-order valence-corrected chi connectivity index (χ0v) is 14.9. The molecule has 25 heavy (non-hydrogen) atoms. The summed E-state index contributed by atoms with van der Waals surface area (Å²) < 4.78 is 66.3. The Morgan fingerprint density at radius 3 is 2.40 bits per heavy atom. The van der Waals surface area contributed by atoms with Crippen LogP contribution in [-0.2, 0) is 21.0 Å². The summed E-state index contributed by atoms with van der Waals surface area (Å²) in [5.74, 6) is -0.365. The van der Waals surface area contributed by atoms with Crippen molar-refractivity contribution in [2.24, 2.45) is 0 Å². The highest BCUT2D eigenvalue weighted by Crippen LogP contribution is 2.37. The maximum absolute atomic E-state index is 13.2. The molecule has 1 atom stereocenters. The topological polar surface area (TPSA) is 57.7 Å². The summed E-state index contributed by atoms with van der Waals surface area (Å²) in [7, 11) is -4.43. The van der Waals surface area contributed by atoms with E-state index in [0.29, 0.717) is 25.9 Å². The molecule has 0 spiro atoms. The van der Waals surface area contributed by atoms with Crippen molar-refractivity contribution >= 4 is 15.9 Å². The van der Waals surface area contributed by atoms with E-state index in [1.54, 1.807) is 13.8 Å². The van der Waals surface area contributed by atoms with Crippen molar-refractivity contribution in [3.8, 4) is 0 Å². The molecule has 0 bridgehead atoms. The molecule has 5 nitrogen and oxygen atoms in total. The Labute approximate surface area is 145 Å². The van der Waals surface area contributed by atoms with Gasteiger partial charge >= 0.3 is 6.18 Å². The van der Waals surface area contributed by atoms with Crippen LogP contribution in [0.1, 0.15) is 32.3 Å². The number of rotatable bonds is 5. The van der Waals surface area contributed by atoms with Crippen molar-refractivity contribution in [3.05, 3.63) is 29.8 Å². The summed E-state index contributed by atoms with van der Waals surface area (Å²) >= 11 is 0. The number of sulfonamides is 1. The van der Waals surface area contributed by atoms with Gasteiger partial charge in [0, 0.05) is 19.6 Å². The van der Waals surface area contributed by atoms with E-state index in [1.165, 1.54) is 11.0 Å². The predicted molar refractivity (Wildman–Crippen MR) is 86.3 cm³/mol. The summed E-state index contributed by atoms with van der Waals surface area (Å²) in [5.41, 5.74) is -1.21. The molecule has 1 unspecified atom stereocenters. The van der Waals surface area contributed by atoms with Gasteiger partial charge in [0.1, 0.15) is 6.04 Å². The van der Waals surface area contributed by atoms with Gasteiger partial charge in [-0.05, 0) is 38.8 Å². The van der Waals surface area contributed by atoms with E-state index in [0.717, 1.165) is 22.5 Å². The predicted octanol–water partition coefficient (Wildman–Crippen LogP) is 2.73. The number of nitrogens with zero attached hydrogens (tertiary/aromatic N) is 2. The molecule has 1 aromatic carbocycles. The molecule has 140 valence electrons. The molecule has 9 heteroatoms. The first-order valence-electron chi connectivity index (χ1n) is 8.11. The van der Waals surface area contributed by atoms with Gasteiger partial charge in [-0.2, -0.15) is 17.5 Å². The monoisotopic (exact) mass is 378 g/mol. The molecule has 1 saturated heterocycles. The highest BCUT2D eigenvalue weighted by molar-refractivity contribution is 7.89. The summed E-state index contributed by atoms with van der Waals surface area (Å²) in [6.07, 6.45) is -4.05. The van der Waals surface area contributed by atoms with Crippen LogP contribution in [0, 0.1) is 0 Å². The van der Waals surface area contributed by atoms with Gasteiger partial charge in [-0.1, -0.05) is 12.1 Å². The summed E-state index contributed by atoms with van der Waals surface area (Å²) in [6.45, 7) is 4.41. The maximum Gasteiger partial charge on any atom is 0.417 e. The number of amides is 1. The third-order valence-electron chi connectivity index (χ3n) is 4.34. The number of benzene rings is 1. The maximum atomic E-state index is 13.2. The van der Waals surface area contributed by atoms with E-state index >= 15 is 0 Å². The smallest absolute Gasteiger partial charge is 0.342 e. The van der Waals surface area contributed by atoms with Crippen LogP contribution in [0.4, 0.5) is 13.2 Å². The van der Waals surface area contributed by atoms with Gasteiger partial charge in [0.2, 0.25) is 15.9 Å². The fourth-order valence-corrected chi connectivity index (χ4v) is 4.94. The van der Waals surface area contributed by atoms with E-state index in [4.69, 9.17) is 0 Å². The zero-order chi connectivity index (χ0) is 18.8. The molecule has 0 N–H and O–H groups in total. The van der Waals surface area contributed by atoms with Crippen LogP contribution in [0.5, 0.6) is 0 Å². The number of carbonyl (C=O) groups excluding carboxylic acids is 1.